The first-order valence-electron chi connectivity index (χ1n) is 6.38. The van der Waals surface area contributed by atoms with E-state index >= 15 is 0 Å². The predicted octanol–water partition coefficient (Wildman–Crippen LogP) is 1.98. The van der Waals surface area contributed by atoms with Gasteiger partial charge >= 0.3 is 0 Å². The Kier molecular flexibility index (Phi) is 3.89. The molecule has 8 heteroatoms. The Labute approximate surface area is 129 Å². The Morgan fingerprint density at radius 2 is 2.29 bits per heavy atom. The maximum atomic E-state index is 12.0. The summed E-state index contributed by atoms with van der Waals surface area (Å²) in [6.07, 6.45) is 2.41. The Balaban J connectivity index is 1.83. The lowest BCUT2D eigenvalue weighted by molar-refractivity contribution is 0.852. The van der Waals surface area contributed by atoms with Crippen molar-refractivity contribution in [3.8, 4) is 0 Å². The van der Waals surface area contributed by atoms with Crippen LogP contribution in [0, 0.1) is 0 Å². The molecule has 21 heavy (non-hydrogen) atoms. The molecule has 0 bridgehead atoms. The van der Waals surface area contributed by atoms with Crippen molar-refractivity contribution in [2.75, 3.05) is 5.73 Å². The Morgan fingerprint density at radius 3 is 3.00 bits per heavy atom. The van der Waals surface area contributed by atoms with E-state index in [0.29, 0.717) is 16.4 Å². The van der Waals surface area contributed by atoms with Gasteiger partial charge in [-0.25, -0.2) is 9.97 Å². The highest BCUT2D eigenvalue weighted by atomic mass is 32.2. The van der Waals surface area contributed by atoms with Crippen molar-refractivity contribution in [1.82, 2.24) is 19.6 Å². The van der Waals surface area contributed by atoms with Gasteiger partial charge in [0, 0.05) is 11.8 Å². The fourth-order valence-electron chi connectivity index (χ4n) is 1.74. The van der Waals surface area contributed by atoms with E-state index in [4.69, 9.17) is 5.73 Å². The number of anilines is 1. The number of fused-ring (bicyclic) bond motifs is 1. The summed E-state index contributed by atoms with van der Waals surface area (Å²) >= 11 is 2.97. The lowest BCUT2D eigenvalue weighted by Gasteiger charge is -2.01. The minimum absolute atomic E-state index is 0.142. The molecule has 0 radical (unpaired) electrons. The summed E-state index contributed by atoms with van der Waals surface area (Å²) in [4.78, 5) is 21.3. The van der Waals surface area contributed by atoms with Crippen molar-refractivity contribution < 1.29 is 0 Å². The first-order valence-corrected chi connectivity index (χ1v) is 8.19. The van der Waals surface area contributed by atoms with Crippen molar-refractivity contribution in [3.05, 3.63) is 45.5 Å². The van der Waals surface area contributed by atoms with Gasteiger partial charge in [-0.2, -0.15) is 9.61 Å². The number of thioether (sulfide) groups is 1. The number of hydrogen-bond acceptors (Lipinski definition) is 7. The van der Waals surface area contributed by atoms with Crippen LogP contribution in [0.1, 0.15) is 17.6 Å². The first-order chi connectivity index (χ1) is 10.2. The molecular formula is C13H13N5OS2. The molecule has 3 aromatic heterocycles. The monoisotopic (exact) mass is 319 g/mol. The van der Waals surface area contributed by atoms with E-state index in [1.165, 1.54) is 33.7 Å². The van der Waals surface area contributed by atoms with E-state index in [1.807, 2.05) is 13.0 Å². The van der Waals surface area contributed by atoms with Crippen LogP contribution in [0.15, 0.2) is 34.2 Å². The molecule has 3 aromatic rings. The molecule has 0 amide bonds. The topological polar surface area (TPSA) is 86.2 Å². The third-order valence-electron chi connectivity index (χ3n) is 2.77. The van der Waals surface area contributed by atoms with Crippen LogP contribution in [0.3, 0.4) is 0 Å². The number of pyridine rings is 1. The summed E-state index contributed by atoms with van der Waals surface area (Å²) in [5, 5.41) is 5.99. The van der Waals surface area contributed by atoms with E-state index in [-0.39, 0.29) is 5.56 Å². The largest absolute Gasteiger partial charge is 0.397 e. The highest BCUT2D eigenvalue weighted by Crippen LogP contribution is 2.21. The van der Waals surface area contributed by atoms with E-state index < -0.39 is 0 Å². The summed E-state index contributed by atoms with van der Waals surface area (Å²) in [6, 6.07) is 5.18. The summed E-state index contributed by atoms with van der Waals surface area (Å²) in [7, 11) is 0. The van der Waals surface area contributed by atoms with Crippen LogP contribution < -0.4 is 11.3 Å². The van der Waals surface area contributed by atoms with Crippen LogP contribution in [0.4, 0.5) is 5.69 Å². The standard InChI is InChI=1S/C13H13N5OS2/c1-2-10-17-18-12(19)5-9(16-13(18)21-10)7-20-11-4-3-8(14)6-15-11/h3-6H,2,7,14H2,1H3. The average Bonchev–Trinajstić information content (AvgIpc) is 2.90. The number of hydrogen-bond donors (Lipinski definition) is 1. The maximum Gasteiger partial charge on any atom is 0.275 e. The predicted molar refractivity (Wildman–Crippen MR) is 84.7 cm³/mol. The molecule has 0 aromatic carbocycles. The van der Waals surface area contributed by atoms with E-state index in [9.17, 15) is 4.79 Å². The van der Waals surface area contributed by atoms with Gasteiger partial charge in [0.2, 0.25) is 4.96 Å². The molecule has 108 valence electrons. The molecule has 0 aliphatic heterocycles. The first kappa shape index (κ1) is 14.0. The summed E-state index contributed by atoms with van der Waals surface area (Å²) in [5.74, 6) is 0.585. The third-order valence-corrected chi connectivity index (χ3v) is 4.80. The van der Waals surface area contributed by atoms with Crippen molar-refractivity contribution in [3.63, 3.8) is 0 Å². The van der Waals surface area contributed by atoms with E-state index in [2.05, 4.69) is 15.1 Å². The summed E-state index contributed by atoms with van der Waals surface area (Å²) < 4.78 is 1.36. The molecule has 0 aliphatic rings. The third kappa shape index (κ3) is 3.06. The van der Waals surface area contributed by atoms with Crippen molar-refractivity contribution in [2.24, 2.45) is 0 Å². The molecule has 0 saturated heterocycles. The van der Waals surface area contributed by atoms with Gasteiger partial charge < -0.3 is 5.73 Å². The second kappa shape index (κ2) is 5.82. The van der Waals surface area contributed by atoms with Gasteiger partial charge in [-0.3, -0.25) is 4.79 Å². The minimum atomic E-state index is -0.142. The zero-order valence-corrected chi connectivity index (χ0v) is 12.9. The van der Waals surface area contributed by atoms with Crippen LogP contribution in [0.5, 0.6) is 0 Å². The SMILES string of the molecule is CCc1nn2c(=O)cc(CSc3ccc(N)cn3)nc2s1. The van der Waals surface area contributed by atoms with Gasteiger partial charge in [-0.1, -0.05) is 18.3 Å². The fourth-order valence-corrected chi connectivity index (χ4v) is 3.33. The number of nitrogens with two attached hydrogens (primary N) is 1. The quantitative estimate of drug-likeness (QED) is 0.740. The zero-order valence-electron chi connectivity index (χ0n) is 11.3. The second-order valence-electron chi connectivity index (χ2n) is 4.35. The van der Waals surface area contributed by atoms with Gasteiger partial charge in [0.25, 0.3) is 5.56 Å². The highest BCUT2D eigenvalue weighted by molar-refractivity contribution is 7.98. The number of rotatable bonds is 4. The Hall–Kier alpha value is -1.93. The van der Waals surface area contributed by atoms with Gasteiger partial charge in [0.15, 0.2) is 0 Å². The van der Waals surface area contributed by atoms with Crippen LogP contribution in [-0.4, -0.2) is 19.6 Å². The molecular weight excluding hydrogens is 306 g/mol. The highest BCUT2D eigenvalue weighted by Gasteiger charge is 2.08. The van der Waals surface area contributed by atoms with Crippen LogP contribution in [0.25, 0.3) is 4.96 Å². The van der Waals surface area contributed by atoms with Crippen LogP contribution >= 0.6 is 23.1 Å². The molecule has 2 N–H and O–H groups in total. The van der Waals surface area contributed by atoms with Crippen molar-refractivity contribution >= 4 is 33.7 Å². The van der Waals surface area contributed by atoms with E-state index in [1.54, 1.807) is 12.3 Å². The van der Waals surface area contributed by atoms with E-state index in [0.717, 1.165) is 22.1 Å². The van der Waals surface area contributed by atoms with Crippen molar-refractivity contribution in [1.29, 1.82) is 0 Å². The van der Waals surface area contributed by atoms with Crippen LogP contribution in [0.2, 0.25) is 0 Å². The molecule has 0 saturated carbocycles. The fraction of sp³-hybridized carbons (Fsp3) is 0.231. The van der Waals surface area contributed by atoms with Gasteiger partial charge in [-0.15, -0.1) is 11.8 Å². The second-order valence-corrected chi connectivity index (χ2v) is 6.38. The average molecular weight is 319 g/mol. The molecule has 0 atom stereocenters. The number of nitrogen functional groups attached to an aromatic ring is 1. The van der Waals surface area contributed by atoms with Crippen LogP contribution in [-0.2, 0) is 12.2 Å². The molecule has 0 unspecified atom stereocenters. The Bertz CT molecular complexity index is 825. The maximum absolute atomic E-state index is 12.0. The molecule has 3 heterocycles. The lowest BCUT2D eigenvalue weighted by Crippen LogP contribution is -2.15. The van der Waals surface area contributed by atoms with Gasteiger partial charge in [0.05, 0.1) is 22.6 Å². The number of aryl methyl sites for hydroxylation is 1. The Morgan fingerprint density at radius 1 is 1.43 bits per heavy atom. The van der Waals surface area contributed by atoms with Gasteiger partial charge in [0.1, 0.15) is 5.01 Å². The summed E-state index contributed by atoms with van der Waals surface area (Å²) in [5.41, 5.74) is 6.82. The smallest absolute Gasteiger partial charge is 0.275 e. The zero-order chi connectivity index (χ0) is 14.8. The molecule has 0 fully saturated rings. The van der Waals surface area contributed by atoms with Crippen molar-refractivity contribution in [2.45, 2.75) is 24.1 Å². The molecule has 0 spiro atoms. The number of nitrogens with zero attached hydrogens (tertiary/aromatic N) is 4. The minimum Gasteiger partial charge on any atom is -0.397 e. The number of aromatic nitrogens is 4. The molecule has 3 rings (SSSR count). The normalized spacial score (nSPS) is 11.1. The summed E-state index contributed by atoms with van der Waals surface area (Å²) in [6.45, 7) is 2.01. The van der Waals surface area contributed by atoms with Gasteiger partial charge in [-0.05, 0) is 18.6 Å². The lowest BCUT2D eigenvalue weighted by atomic mass is 10.4. The molecule has 0 aliphatic carbocycles. The molecule has 6 nitrogen and oxygen atoms in total.